The number of likely N-dealkylation sites (N-methyl/N-ethyl adjacent to an activating group) is 1. The van der Waals surface area contributed by atoms with E-state index in [0.717, 1.165) is 0 Å². The van der Waals surface area contributed by atoms with Crippen LogP contribution in [0.15, 0.2) is 0 Å². The second-order valence-corrected chi connectivity index (χ2v) is 3.17. The summed E-state index contributed by atoms with van der Waals surface area (Å²) in [7, 11) is 1.87. The average molecular weight is 145 g/mol. The molecule has 0 aromatic carbocycles. The van der Waals surface area contributed by atoms with Gasteiger partial charge in [-0.15, -0.1) is 0 Å². The summed E-state index contributed by atoms with van der Waals surface area (Å²) in [5, 5.41) is 3.01. The molecule has 1 aliphatic rings. The standard InChI is InChI=1S/C7H15NO2/c1-7(2)5-9-4-6(8-3)10-7/h6,8H,4-5H2,1-3H3/t6-/m0/s1. The van der Waals surface area contributed by atoms with E-state index in [-0.39, 0.29) is 11.8 Å². The Morgan fingerprint density at radius 2 is 2.20 bits per heavy atom. The molecule has 0 aliphatic carbocycles. The van der Waals surface area contributed by atoms with Gasteiger partial charge in [-0.05, 0) is 20.9 Å². The molecule has 1 heterocycles. The van der Waals surface area contributed by atoms with E-state index in [0.29, 0.717) is 13.2 Å². The minimum Gasteiger partial charge on any atom is -0.374 e. The van der Waals surface area contributed by atoms with Gasteiger partial charge in [-0.25, -0.2) is 0 Å². The fourth-order valence-corrected chi connectivity index (χ4v) is 1.01. The molecule has 1 atom stereocenters. The first-order valence-corrected chi connectivity index (χ1v) is 3.57. The van der Waals surface area contributed by atoms with E-state index in [1.165, 1.54) is 0 Å². The first-order valence-electron chi connectivity index (χ1n) is 3.57. The van der Waals surface area contributed by atoms with Gasteiger partial charge in [0, 0.05) is 0 Å². The molecule has 0 radical (unpaired) electrons. The van der Waals surface area contributed by atoms with Crippen LogP contribution < -0.4 is 5.32 Å². The summed E-state index contributed by atoms with van der Waals surface area (Å²) in [6.45, 7) is 5.39. The lowest BCUT2D eigenvalue weighted by atomic mass is 10.1. The van der Waals surface area contributed by atoms with Gasteiger partial charge in [-0.2, -0.15) is 0 Å². The molecule has 0 amide bonds. The predicted molar refractivity (Wildman–Crippen MR) is 38.8 cm³/mol. The molecule has 0 aromatic heterocycles. The van der Waals surface area contributed by atoms with Crippen molar-refractivity contribution >= 4 is 0 Å². The van der Waals surface area contributed by atoms with E-state index in [2.05, 4.69) is 5.32 Å². The van der Waals surface area contributed by atoms with Crippen molar-refractivity contribution in [3.05, 3.63) is 0 Å². The molecular weight excluding hydrogens is 130 g/mol. The lowest BCUT2D eigenvalue weighted by molar-refractivity contribution is -0.189. The maximum atomic E-state index is 5.59. The monoisotopic (exact) mass is 145 g/mol. The summed E-state index contributed by atoms with van der Waals surface area (Å²) in [4.78, 5) is 0. The van der Waals surface area contributed by atoms with Gasteiger partial charge < -0.3 is 9.47 Å². The summed E-state index contributed by atoms with van der Waals surface area (Å²) in [5.74, 6) is 0. The topological polar surface area (TPSA) is 30.5 Å². The molecule has 0 spiro atoms. The van der Waals surface area contributed by atoms with Crippen LogP contribution in [-0.2, 0) is 9.47 Å². The van der Waals surface area contributed by atoms with Crippen molar-refractivity contribution in [1.82, 2.24) is 5.32 Å². The first-order chi connectivity index (χ1) is 4.64. The average Bonchev–Trinajstić information content (AvgIpc) is 1.86. The molecule has 3 nitrogen and oxygen atoms in total. The van der Waals surface area contributed by atoms with Gasteiger partial charge in [0.1, 0.15) is 6.23 Å². The van der Waals surface area contributed by atoms with Gasteiger partial charge in [-0.3, -0.25) is 5.32 Å². The molecule has 1 rings (SSSR count). The maximum absolute atomic E-state index is 5.59. The fourth-order valence-electron chi connectivity index (χ4n) is 1.01. The van der Waals surface area contributed by atoms with Crippen LogP contribution in [0.5, 0.6) is 0 Å². The Morgan fingerprint density at radius 3 is 2.60 bits per heavy atom. The smallest absolute Gasteiger partial charge is 0.132 e. The van der Waals surface area contributed by atoms with Crippen molar-refractivity contribution in [3.63, 3.8) is 0 Å². The molecule has 0 saturated carbocycles. The highest BCUT2D eigenvalue weighted by Crippen LogP contribution is 2.16. The zero-order valence-corrected chi connectivity index (χ0v) is 6.81. The van der Waals surface area contributed by atoms with Crippen molar-refractivity contribution in [3.8, 4) is 0 Å². The third-order valence-corrected chi connectivity index (χ3v) is 1.50. The van der Waals surface area contributed by atoms with Crippen LogP contribution >= 0.6 is 0 Å². The Kier molecular flexibility index (Phi) is 2.28. The highest BCUT2D eigenvalue weighted by Gasteiger charge is 2.28. The first kappa shape index (κ1) is 7.98. The summed E-state index contributed by atoms with van der Waals surface area (Å²) < 4.78 is 10.9. The minimum absolute atomic E-state index is 0.0590. The van der Waals surface area contributed by atoms with Crippen LogP contribution in [0.3, 0.4) is 0 Å². The van der Waals surface area contributed by atoms with E-state index >= 15 is 0 Å². The van der Waals surface area contributed by atoms with Gasteiger partial charge in [0.2, 0.25) is 0 Å². The molecule has 3 heteroatoms. The molecule has 60 valence electrons. The SMILES string of the molecule is CN[C@@H]1COCC(C)(C)O1. The molecule has 1 fully saturated rings. The summed E-state index contributed by atoms with van der Waals surface area (Å²) in [6, 6.07) is 0. The number of rotatable bonds is 1. The second kappa shape index (κ2) is 2.86. The molecule has 1 N–H and O–H groups in total. The molecule has 1 aliphatic heterocycles. The Bertz CT molecular complexity index is 114. The maximum Gasteiger partial charge on any atom is 0.132 e. The van der Waals surface area contributed by atoms with Crippen LogP contribution in [0.4, 0.5) is 0 Å². The highest BCUT2D eigenvalue weighted by molar-refractivity contribution is 4.73. The predicted octanol–water partition coefficient (Wildman–Crippen LogP) is 0.357. The zero-order chi connectivity index (χ0) is 7.61. The van der Waals surface area contributed by atoms with E-state index in [1.54, 1.807) is 0 Å². The van der Waals surface area contributed by atoms with Gasteiger partial charge in [0.25, 0.3) is 0 Å². The molecule has 0 bridgehead atoms. The number of ether oxygens (including phenoxy) is 2. The molecule has 0 aromatic rings. The number of hydrogen-bond acceptors (Lipinski definition) is 3. The number of hydrogen-bond donors (Lipinski definition) is 1. The quantitative estimate of drug-likeness (QED) is 0.578. The van der Waals surface area contributed by atoms with Gasteiger partial charge in [-0.1, -0.05) is 0 Å². The van der Waals surface area contributed by atoms with E-state index in [9.17, 15) is 0 Å². The molecule has 10 heavy (non-hydrogen) atoms. The zero-order valence-electron chi connectivity index (χ0n) is 6.81. The second-order valence-electron chi connectivity index (χ2n) is 3.17. The van der Waals surface area contributed by atoms with Crippen LogP contribution in [0.1, 0.15) is 13.8 Å². The van der Waals surface area contributed by atoms with E-state index in [1.807, 2.05) is 20.9 Å². The van der Waals surface area contributed by atoms with Crippen molar-refractivity contribution < 1.29 is 9.47 Å². The normalized spacial score (nSPS) is 32.1. The third-order valence-electron chi connectivity index (χ3n) is 1.50. The minimum atomic E-state index is -0.133. The fraction of sp³-hybridized carbons (Fsp3) is 1.00. The third kappa shape index (κ3) is 1.94. The summed E-state index contributed by atoms with van der Waals surface area (Å²) >= 11 is 0. The molecule has 1 saturated heterocycles. The van der Waals surface area contributed by atoms with Crippen molar-refractivity contribution in [2.24, 2.45) is 0 Å². The van der Waals surface area contributed by atoms with Crippen molar-refractivity contribution in [1.29, 1.82) is 0 Å². The van der Waals surface area contributed by atoms with Crippen LogP contribution in [-0.4, -0.2) is 32.1 Å². The Morgan fingerprint density at radius 1 is 1.50 bits per heavy atom. The van der Waals surface area contributed by atoms with E-state index < -0.39 is 0 Å². The molecule has 0 unspecified atom stereocenters. The van der Waals surface area contributed by atoms with Gasteiger partial charge >= 0.3 is 0 Å². The Hall–Kier alpha value is -0.120. The lowest BCUT2D eigenvalue weighted by Gasteiger charge is -2.35. The Labute approximate surface area is 61.7 Å². The largest absolute Gasteiger partial charge is 0.374 e. The van der Waals surface area contributed by atoms with Crippen LogP contribution in [0.25, 0.3) is 0 Å². The van der Waals surface area contributed by atoms with Crippen molar-refractivity contribution in [2.75, 3.05) is 20.3 Å². The lowest BCUT2D eigenvalue weighted by Crippen LogP contribution is -2.48. The van der Waals surface area contributed by atoms with Crippen LogP contribution in [0, 0.1) is 0 Å². The van der Waals surface area contributed by atoms with Crippen molar-refractivity contribution in [2.45, 2.75) is 25.7 Å². The summed E-state index contributed by atoms with van der Waals surface area (Å²) in [6.07, 6.45) is 0.0590. The van der Waals surface area contributed by atoms with Gasteiger partial charge in [0.15, 0.2) is 0 Å². The highest BCUT2D eigenvalue weighted by atomic mass is 16.6. The summed E-state index contributed by atoms with van der Waals surface area (Å²) in [5.41, 5.74) is -0.133. The van der Waals surface area contributed by atoms with E-state index in [4.69, 9.17) is 9.47 Å². The number of nitrogens with one attached hydrogen (secondary N) is 1. The van der Waals surface area contributed by atoms with Crippen LogP contribution in [0.2, 0.25) is 0 Å². The Balaban J connectivity index is 2.40. The molecular formula is C7H15NO2. The van der Waals surface area contributed by atoms with Gasteiger partial charge in [0.05, 0.1) is 18.8 Å².